The monoisotopic (exact) mass is 352 g/mol. The van der Waals surface area contributed by atoms with Gasteiger partial charge in [-0.05, 0) is 35.4 Å². The van der Waals surface area contributed by atoms with Gasteiger partial charge >= 0.3 is 6.03 Å². The molecule has 2 N–H and O–H groups in total. The number of hydrogen-bond acceptors (Lipinski definition) is 1. The predicted molar refractivity (Wildman–Crippen MR) is 84.7 cm³/mol. The maximum Gasteiger partial charge on any atom is 0.315 e. The van der Waals surface area contributed by atoms with Crippen LogP contribution < -0.4 is 10.6 Å². The summed E-state index contributed by atoms with van der Waals surface area (Å²) in [6.07, 6.45) is 0. The smallest absolute Gasteiger partial charge is 0.315 e. The normalized spacial score (nSPS) is 10.1. The molecule has 2 amide bonds. The lowest BCUT2D eigenvalue weighted by atomic mass is 10.2. The Morgan fingerprint density at radius 1 is 1.00 bits per heavy atom. The van der Waals surface area contributed by atoms with Gasteiger partial charge in [-0.2, -0.15) is 0 Å². The number of rotatable bonds is 4. The van der Waals surface area contributed by atoms with E-state index in [2.05, 4.69) is 26.6 Å². The van der Waals surface area contributed by atoms with Crippen molar-refractivity contribution in [3.63, 3.8) is 0 Å². The molecule has 0 saturated heterocycles. The summed E-state index contributed by atoms with van der Waals surface area (Å²) in [6, 6.07) is 15.0. The minimum Gasteiger partial charge on any atom is -0.334 e. The van der Waals surface area contributed by atoms with Crippen molar-refractivity contribution >= 4 is 33.6 Å². The number of nitrogens with one attached hydrogen (secondary N) is 2. The third-order valence-electron chi connectivity index (χ3n) is 2.68. The van der Waals surface area contributed by atoms with Crippen LogP contribution in [0.25, 0.3) is 0 Å². The van der Waals surface area contributed by atoms with Gasteiger partial charge in [0, 0.05) is 22.6 Å². The van der Waals surface area contributed by atoms with Gasteiger partial charge in [0.2, 0.25) is 0 Å². The fourth-order valence-corrected chi connectivity index (χ4v) is 2.38. The topological polar surface area (TPSA) is 41.1 Å². The number of carbonyl (C=O) groups excluding carboxylic acids is 1. The summed E-state index contributed by atoms with van der Waals surface area (Å²) in [5, 5.41) is 6.26. The Hall–Kier alpha value is -1.52. The Balaban J connectivity index is 1.78. The summed E-state index contributed by atoms with van der Waals surface area (Å²) in [7, 11) is 0. The van der Waals surface area contributed by atoms with Crippen LogP contribution in [-0.4, -0.2) is 6.03 Å². The average Bonchev–Trinajstić information content (AvgIpc) is 2.43. The number of urea groups is 1. The number of halogens is 2. The van der Waals surface area contributed by atoms with E-state index in [4.69, 9.17) is 11.6 Å². The van der Waals surface area contributed by atoms with Gasteiger partial charge in [0.25, 0.3) is 0 Å². The van der Waals surface area contributed by atoms with E-state index in [0.29, 0.717) is 18.1 Å². The van der Waals surface area contributed by atoms with E-state index in [1.54, 1.807) is 6.07 Å². The first kappa shape index (κ1) is 14.9. The molecule has 0 atom stereocenters. The van der Waals surface area contributed by atoms with Crippen molar-refractivity contribution in [2.24, 2.45) is 0 Å². The molecule has 3 nitrogen and oxygen atoms in total. The maximum absolute atomic E-state index is 11.7. The summed E-state index contributed by atoms with van der Waals surface area (Å²) < 4.78 is 0.996. The van der Waals surface area contributed by atoms with Crippen LogP contribution in [0.2, 0.25) is 5.02 Å². The minimum atomic E-state index is -0.204. The molecule has 0 radical (unpaired) electrons. The molecule has 0 bridgehead atoms. The fraction of sp³-hybridized carbons (Fsp3) is 0.133. The summed E-state index contributed by atoms with van der Waals surface area (Å²) in [6.45, 7) is 0.936. The molecule has 0 fully saturated rings. The highest BCUT2D eigenvalue weighted by molar-refractivity contribution is 9.10. The molecule has 2 aromatic carbocycles. The summed E-state index contributed by atoms with van der Waals surface area (Å²) >= 11 is 9.28. The van der Waals surface area contributed by atoms with Gasteiger partial charge in [0.1, 0.15) is 0 Å². The molecule has 0 aliphatic heterocycles. The van der Waals surface area contributed by atoms with E-state index in [1.807, 2.05) is 42.5 Å². The van der Waals surface area contributed by atoms with Crippen LogP contribution in [0.5, 0.6) is 0 Å². The van der Waals surface area contributed by atoms with Crippen LogP contribution in [0.3, 0.4) is 0 Å². The number of amides is 2. The van der Waals surface area contributed by atoms with E-state index in [1.165, 1.54) is 0 Å². The van der Waals surface area contributed by atoms with Gasteiger partial charge in [0.15, 0.2) is 0 Å². The van der Waals surface area contributed by atoms with Crippen LogP contribution >= 0.6 is 27.5 Å². The quantitative estimate of drug-likeness (QED) is 0.853. The Morgan fingerprint density at radius 3 is 2.20 bits per heavy atom. The number of carbonyl (C=O) groups is 1. The standard InChI is InChI=1S/C15H14BrClN2O/c16-13-5-1-3-11(7-13)9-18-15(20)19-10-12-4-2-6-14(17)8-12/h1-8H,9-10H2,(H2,18,19,20). The van der Waals surface area contributed by atoms with Crippen LogP contribution in [0.1, 0.15) is 11.1 Å². The van der Waals surface area contributed by atoms with E-state index >= 15 is 0 Å². The Morgan fingerprint density at radius 2 is 1.60 bits per heavy atom. The SMILES string of the molecule is O=C(NCc1cccc(Cl)c1)NCc1cccc(Br)c1. The molecular formula is C15H14BrClN2O. The van der Waals surface area contributed by atoms with Crippen molar-refractivity contribution in [2.45, 2.75) is 13.1 Å². The molecule has 0 unspecified atom stereocenters. The molecule has 0 heterocycles. The van der Waals surface area contributed by atoms with Gasteiger partial charge in [0.05, 0.1) is 0 Å². The Bertz CT molecular complexity index is 552. The van der Waals surface area contributed by atoms with Crippen molar-refractivity contribution in [2.75, 3.05) is 0 Å². The fourth-order valence-electron chi connectivity index (χ4n) is 1.72. The van der Waals surface area contributed by atoms with E-state index < -0.39 is 0 Å². The van der Waals surface area contributed by atoms with Gasteiger partial charge in [-0.1, -0.05) is 51.8 Å². The Kier molecular flexibility index (Phi) is 5.44. The molecule has 0 spiro atoms. The highest BCUT2D eigenvalue weighted by Crippen LogP contribution is 2.11. The molecule has 0 aromatic heterocycles. The second kappa shape index (κ2) is 7.31. The zero-order valence-corrected chi connectivity index (χ0v) is 13.0. The Labute approximate surface area is 131 Å². The molecule has 2 rings (SSSR count). The molecular weight excluding hydrogens is 340 g/mol. The van der Waals surface area contributed by atoms with Gasteiger partial charge < -0.3 is 10.6 Å². The third kappa shape index (κ3) is 4.87. The third-order valence-corrected chi connectivity index (χ3v) is 3.41. The van der Waals surface area contributed by atoms with Gasteiger partial charge in [-0.25, -0.2) is 4.79 Å². The number of benzene rings is 2. The molecule has 5 heteroatoms. The van der Waals surface area contributed by atoms with Crippen molar-refractivity contribution < 1.29 is 4.79 Å². The van der Waals surface area contributed by atoms with E-state index in [-0.39, 0.29) is 6.03 Å². The van der Waals surface area contributed by atoms with Crippen LogP contribution in [0, 0.1) is 0 Å². The van der Waals surface area contributed by atoms with Crippen LogP contribution in [0.15, 0.2) is 53.0 Å². The minimum absolute atomic E-state index is 0.204. The first-order chi connectivity index (χ1) is 9.63. The summed E-state index contributed by atoms with van der Waals surface area (Å²) in [5.41, 5.74) is 2.01. The van der Waals surface area contributed by atoms with E-state index in [9.17, 15) is 4.79 Å². The maximum atomic E-state index is 11.7. The van der Waals surface area contributed by atoms with Crippen LogP contribution in [0.4, 0.5) is 4.79 Å². The molecule has 2 aromatic rings. The van der Waals surface area contributed by atoms with Gasteiger partial charge in [-0.3, -0.25) is 0 Å². The average molecular weight is 354 g/mol. The number of hydrogen-bond donors (Lipinski definition) is 2. The first-order valence-corrected chi connectivity index (χ1v) is 7.31. The van der Waals surface area contributed by atoms with E-state index in [0.717, 1.165) is 15.6 Å². The highest BCUT2D eigenvalue weighted by Gasteiger charge is 2.01. The zero-order valence-electron chi connectivity index (χ0n) is 10.7. The second-order valence-corrected chi connectivity index (χ2v) is 5.65. The lowest BCUT2D eigenvalue weighted by Crippen LogP contribution is -2.34. The summed E-state index contributed by atoms with van der Waals surface area (Å²) in [4.78, 5) is 11.7. The zero-order chi connectivity index (χ0) is 14.4. The summed E-state index contributed by atoms with van der Waals surface area (Å²) in [5.74, 6) is 0. The lowest BCUT2D eigenvalue weighted by molar-refractivity contribution is 0.240. The van der Waals surface area contributed by atoms with Crippen molar-refractivity contribution in [3.05, 3.63) is 69.2 Å². The molecule has 0 aliphatic rings. The molecule has 20 heavy (non-hydrogen) atoms. The van der Waals surface area contributed by atoms with Crippen molar-refractivity contribution in [1.82, 2.24) is 10.6 Å². The predicted octanol–water partition coefficient (Wildman–Crippen LogP) is 4.10. The molecule has 0 saturated carbocycles. The van der Waals surface area contributed by atoms with Crippen molar-refractivity contribution in [1.29, 1.82) is 0 Å². The van der Waals surface area contributed by atoms with Gasteiger partial charge in [-0.15, -0.1) is 0 Å². The largest absolute Gasteiger partial charge is 0.334 e. The molecule has 104 valence electrons. The lowest BCUT2D eigenvalue weighted by Gasteiger charge is -2.08. The molecule has 0 aliphatic carbocycles. The highest BCUT2D eigenvalue weighted by atomic mass is 79.9. The van der Waals surface area contributed by atoms with Crippen molar-refractivity contribution in [3.8, 4) is 0 Å². The van der Waals surface area contributed by atoms with Crippen LogP contribution in [-0.2, 0) is 13.1 Å². The second-order valence-electron chi connectivity index (χ2n) is 4.30. The first-order valence-electron chi connectivity index (χ1n) is 6.14.